The Balaban J connectivity index is 2.87. The van der Waals surface area contributed by atoms with Crippen molar-refractivity contribution in [3.8, 4) is 0 Å². The molecule has 0 spiro atoms. The lowest BCUT2D eigenvalue weighted by Gasteiger charge is -2.40. The van der Waals surface area contributed by atoms with Crippen molar-refractivity contribution in [1.29, 1.82) is 0 Å². The maximum absolute atomic E-state index is 14.6. The molecule has 0 amide bonds. The van der Waals surface area contributed by atoms with Crippen molar-refractivity contribution in [3.63, 3.8) is 0 Å². The minimum Gasteiger partial charge on any atom is -0.383 e. The second kappa shape index (κ2) is 7.64. The van der Waals surface area contributed by atoms with Gasteiger partial charge in [0.25, 0.3) is 0 Å². The Hall–Kier alpha value is -0.300. The molecule has 2 atom stereocenters. The number of alkyl halides is 2. The zero-order chi connectivity index (χ0) is 15.3. The summed E-state index contributed by atoms with van der Waals surface area (Å²) in [5.74, 6) is 0.105. The molecule has 1 saturated heterocycles. The Bertz CT molecular complexity index is 286. The molecule has 0 saturated carbocycles. The molecule has 0 aromatic heterocycles. The maximum atomic E-state index is 14.6. The summed E-state index contributed by atoms with van der Waals surface area (Å²) in [6.45, 7) is 7.20. The number of methoxy groups -OCH3 is 2. The molecule has 1 fully saturated rings. The first-order valence-electron chi connectivity index (χ1n) is 7.31. The summed E-state index contributed by atoms with van der Waals surface area (Å²) in [7, 11) is 3.13. The van der Waals surface area contributed by atoms with Gasteiger partial charge in [-0.3, -0.25) is 0 Å². The molecular formula is C14H28F2N2O2. The average Bonchev–Trinajstić information content (AvgIpc) is 2.68. The average molecular weight is 294 g/mol. The van der Waals surface area contributed by atoms with Crippen LogP contribution in [0.2, 0.25) is 0 Å². The molecule has 20 heavy (non-hydrogen) atoms. The van der Waals surface area contributed by atoms with E-state index in [1.165, 1.54) is 16.9 Å². The van der Waals surface area contributed by atoms with Crippen molar-refractivity contribution in [2.75, 3.05) is 40.5 Å². The second-order valence-electron chi connectivity index (χ2n) is 5.60. The number of nitrogens with zero attached hydrogens (tertiary/aromatic N) is 2. The van der Waals surface area contributed by atoms with Gasteiger partial charge in [0.15, 0.2) is 0 Å². The molecule has 0 aromatic rings. The van der Waals surface area contributed by atoms with Crippen LogP contribution in [-0.2, 0) is 9.47 Å². The van der Waals surface area contributed by atoms with Crippen LogP contribution in [0.1, 0.15) is 27.2 Å². The number of halogens is 2. The first-order valence-corrected chi connectivity index (χ1v) is 7.31. The van der Waals surface area contributed by atoms with Gasteiger partial charge < -0.3 is 9.47 Å². The van der Waals surface area contributed by atoms with Crippen LogP contribution in [0.3, 0.4) is 0 Å². The minimum absolute atomic E-state index is 0.105. The van der Waals surface area contributed by atoms with Crippen LogP contribution in [0.25, 0.3) is 0 Å². The topological polar surface area (TPSA) is 24.9 Å². The van der Waals surface area contributed by atoms with Crippen molar-refractivity contribution in [2.24, 2.45) is 5.92 Å². The van der Waals surface area contributed by atoms with Gasteiger partial charge in [-0.15, -0.1) is 0 Å². The molecular weight excluding hydrogens is 266 g/mol. The number of ether oxygens (including phenoxy) is 2. The van der Waals surface area contributed by atoms with Crippen LogP contribution in [-0.4, -0.2) is 68.6 Å². The Morgan fingerprint density at radius 3 is 2.30 bits per heavy atom. The molecule has 6 heteroatoms. The Kier molecular flexibility index (Phi) is 6.78. The zero-order valence-corrected chi connectivity index (χ0v) is 13.2. The van der Waals surface area contributed by atoms with Crippen molar-refractivity contribution in [3.05, 3.63) is 0 Å². The summed E-state index contributed by atoms with van der Waals surface area (Å²) in [4.78, 5) is 2.49. The largest absolute Gasteiger partial charge is 0.383 e. The Morgan fingerprint density at radius 2 is 1.85 bits per heavy atom. The van der Waals surface area contributed by atoms with E-state index in [1.807, 2.05) is 20.8 Å². The molecule has 0 N–H and O–H groups in total. The summed E-state index contributed by atoms with van der Waals surface area (Å²) in [5, 5.41) is 0. The lowest BCUT2D eigenvalue weighted by Crippen LogP contribution is -2.56. The lowest BCUT2D eigenvalue weighted by molar-refractivity contribution is -0.238. The monoisotopic (exact) mass is 294 g/mol. The van der Waals surface area contributed by atoms with Gasteiger partial charge in [0.2, 0.25) is 0 Å². The fraction of sp³-hybridized carbons (Fsp3) is 1.00. The SMILES string of the molecule is CCC(OC)C(C(C)C)N1CCN(CCOC)C1(F)F. The standard InChI is InChI=1S/C14H28F2N2O2/c1-6-12(20-5)13(11(2)3)18-8-7-17(9-10-19-4)14(18,15)16/h11-13H,6-10H2,1-5H3. The third-order valence-electron chi connectivity index (χ3n) is 4.03. The van der Waals surface area contributed by atoms with Crippen molar-refractivity contribution in [2.45, 2.75) is 45.5 Å². The quantitative estimate of drug-likeness (QED) is 0.641. The Morgan fingerprint density at radius 1 is 1.20 bits per heavy atom. The highest BCUT2D eigenvalue weighted by molar-refractivity contribution is 4.91. The van der Waals surface area contributed by atoms with Gasteiger partial charge in [0.05, 0.1) is 12.7 Å². The fourth-order valence-electron chi connectivity index (χ4n) is 2.99. The van der Waals surface area contributed by atoms with E-state index in [0.717, 1.165) is 6.42 Å². The molecule has 1 heterocycles. The maximum Gasteiger partial charge on any atom is 0.370 e. The first kappa shape index (κ1) is 17.8. The van der Waals surface area contributed by atoms with Gasteiger partial charge in [-0.25, -0.2) is 9.80 Å². The van der Waals surface area contributed by atoms with E-state index >= 15 is 0 Å². The molecule has 1 aliphatic rings. The van der Waals surface area contributed by atoms with E-state index in [2.05, 4.69) is 0 Å². The van der Waals surface area contributed by atoms with E-state index in [9.17, 15) is 8.78 Å². The predicted molar refractivity (Wildman–Crippen MR) is 74.8 cm³/mol. The van der Waals surface area contributed by atoms with Gasteiger partial charge in [-0.1, -0.05) is 20.8 Å². The zero-order valence-electron chi connectivity index (χ0n) is 13.2. The third kappa shape index (κ3) is 3.67. The first-order chi connectivity index (χ1) is 9.39. The number of rotatable bonds is 8. The van der Waals surface area contributed by atoms with E-state index < -0.39 is 6.17 Å². The fourth-order valence-corrected chi connectivity index (χ4v) is 2.99. The normalized spacial score (nSPS) is 23.4. The highest BCUT2D eigenvalue weighted by Crippen LogP contribution is 2.35. The molecule has 0 bridgehead atoms. The molecule has 0 aliphatic carbocycles. The van der Waals surface area contributed by atoms with E-state index in [-0.39, 0.29) is 24.6 Å². The summed E-state index contributed by atoms with van der Waals surface area (Å²) >= 11 is 0. The van der Waals surface area contributed by atoms with E-state index in [4.69, 9.17) is 9.47 Å². The smallest absolute Gasteiger partial charge is 0.370 e. The van der Waals surface area contributed by atoms with Crippen LogP contribution in [0.15, 0.2) is 0 Å². The summed E-state index contributed by atoms with van der Waals surface area (Å²) < 4.78 is 39.5. The summed E-state index contributed by atoms with van der Waals surface area (Å²) in [6, 6.07) is -0.285. The molecule has 2 unspecified atom stereocenters. The highest BCUT2D eigenvalue weighted by Gasteiger charge is 2.53. The van der Waals surface area contributed by atoms with Gasteiger partial charge in [-0.05, 0) is 12.3 Å². The summed E-state index contributed by atoms with van der Waals surface area (Å²) in [5.41, 5.74) is 0. The molecule has 120 valence electrons. The van der Waals surface area contributed by atoms with Crippen LogP contribution in [0.5, 0.6) is 0 Å². The van der Waals surface area contributed by atoms with Crippen LogP contribution in [0.4, 0.5) is 8.78 Å². The van der Waals surface area contributed by atoms with Gasteiger partial charge in [-0.2, -0.15) is 8.78 Å². The summed E-state index contributed by atoms with van der Waals surface area (Å²) in [6.07, 6.45) is -2.38. The van der Waals surface area contributed by atoms with Crippen molar-refractivity contribution < 1.29 is 18.3 Å². The molecule has 4 nitrogen and oxygen atoms in total. The minimum atomic E-state index is -2.93. The van der Waals surface area contributed by atoms with Crippen molar-refractivity contribution >= 4 is 0 Å². The molecule has 0 aromatic carbocycles. The molecule has 1 aliphatic heterocycles. The van der Waals surface area contributed by atoms with Crippen LogP contribution < -0.4 is 0 Å². The van der Waals surface area contributed by atoms with Gasteiger partial charge in [0.1, 0.15) is 0 Å². The number of hydrogen-bond acceptors (Lipinski definition) is 4. The van der Waals surface area contributed by atoms with Crippen LogP contribution >= 0.6 is 0 Å². The highest BCUT2D eigenvalue weighted by atomic mass is 19.3. The van der Waals surface area contributed by atoms with Gasteiger partial charge in [0, 0.05) is 39.9 Å². The predicted octanol–water partition coefficient (Wildman–Crippen LogP) is 2.25. The third-order valence-corrected chi connectivity index (χ3v) is 4.03. The lowest BCUT2D eigenvalue weighted by atomic mass is 9.95. The Labute approximate surface area is 121 Å². The second-order valence-corrected chi connectivity index (χ2v) is 5.60. The van der Waals surface area contributed by atoms with E-state index in [0.29, 0.717) is 19.7 Å². The molecule has 0 radical (unpaired) electrons. The molecule has 1 rings (SSSR count). The van der Waals surface area contributed by atoms with Crippen LogP contribution in [0, 0.1) is 5.92 Å². The van der Waals surface area contributed by atoms with E-state index in [1.54, 1.807) is 7.11 Å². The van der Waals surface area contributed by atoms with Gasteiger partial charge >= 0.3 is 6.17 Å². The number of hydrogen-bond donors (Lipinski definition) is 0. The van der Waals surface area contributed by atoms with Crippen molar-refractivity contribution in [1.82, 2.24) is 9.80 Å².